The second-order valence-electron chi connectivity index (χ2n) is 6.47. The molecule has 0 amide bonds. The van der Waals surface area contributed by atoms with Crippen LogP contribution in [-0.4, -0.2) is 42.9 Å². The quantitative estimate of drug-likeness (QED) is 0.888. The number of phenolic OH excluding ortho intramolecular Hbond substituents is 2. The summed E-state index contributed by atoms with van der Waals surface area (Å²) >= 11 is 0. The first-order valence-corrected chi connectivity index (χ1v) is 8.09. The molecule has 0 saturated heterocycles. The fourth-order valence-electron chi connectivity index (χ4n) is 4.09. The van der Waals surface area contributed by atoms with Crippen molar-refractivity contribution in [3.05, 3.63) is 34.9 Å². The maximum Gasteiger partial charge on any atom is 0.165 e. The van der Waals surface area contributed by atoms with Crippen molar-refractivity contribution in [1.29, 1.82) is 0 Å². The van der Waals surface area contributed by atoms with Crippen LogP contribution in [0.1, 0.15) is 22.7 Å². The molecule has 0 bridgehead atoms. The number of hydrogen-bond acceptors (Lipinski definition) is 5. The van der Waals surface area contributed by atoms with Gasteiger partial charge in [0, 0.05) is 23.7 Å². The van der Waals surface area contributed by atoms with E-state index in [9.17, 15) is 10.2 Å². The third kappa shape index (κ3) is 1.91. The summed E-state index contributed by atoms with van der Waals surface area (Å²) in [5.74, 6) is 1.27. The molecule has 0 radical (unpaired) electrons. The van der Waals surface area contributed by atoms with Crippen molar-refractivity contribution in [2.24, 2.45) is 0 Å². The molecule has 2 aromatic carbocycles. The number of phenols is 2. The minimum atomic E-state index is 0.150. The smallest absolute Gasteiger partial charge is 0.165 e. The van der Waals surface area contributed by atoms with Crippen LogP contribution in [0.5, 0.6) is 23.0 Å². The Morgan fingerprint density at radius 3 is 2.54 bits per heavy atom. The van der Waals surface area contributed by atoms with Crippen molar-refractivity contribution in [2.75, 3.05) is 27.8 Å². The number of benzene rings is 2. The summed E-state index contributed by atoms with van der Waals surface area (Å²) in [7, 11) is 5.20. The first kappa shape index (κ1) is 15.1. The van der Waals surface area contributed by atoms with Crippen molar-refractivity contribution >= 4 is 0 Å². The number of methoxy groups -OCH3 is 2. The number of aromatic hydroxyl groups is 2. The molecule has 4 rings (SSSR count). The number of fused-ring (bicyclic) bond motifs is 2. The van der Waals surface area contributed by atoms with E-state index < -0.39 is 0 Å². The predicted octanol–water partition coefficient (Wildman–Crippen LogP) is 2.87. The van der Waals surface area contributed by atoms with Gasteiger partial charge < -0.3 is 19.7 Å². The van der Waals surface area contributed by atoms with E-state index in [1.807, 2.05) is 12.1 Å². The van der Waals surface area contributed by atoms with Gasteiger partial charge in [-0.1, -0.05) is 6.07 Å². The van der Waals surface area contributed by atoms with E-state index in [1.54, 1.807) is 20.3 Å². The predicted molar refractivity (Wildman–Crippen MR) is 91.1 cm³/mol. The topological polar surface area (TPSA) is 62.2 Å². The van der Waals surface area contributed by atoms with E-state index in [0.717, 1.165) is 47.2 Å². The molecule has 0 fully saturated rings. The van der Waals surface area contributed by atoms with Crippen LogP contribution in [0.2, 0.25) is 0 Å². The summed E-state index contributed by atoms with van der Waals surface area (Å²) in [6.45, 7) is 0.884. The molecular weight excluding hydrogens is 306 g/mol. The van der Waals surface area contributed by atoms with Gasteiger partial charge in [0.25, 0.3) is 0 Å². The van der Waals surface area contributed by atoms with Crippen molar-refractivity contribution < 1.29 is 19.7 Å². The van der Waals surface area contributed by atoms with Gasteiger partial charge in [-0.25, -0.2) is 0 Å². The molecule has 126 valence electrons. The molecule has 1 aliphatic carbocycles. The van der Waals surface area contributed by atoms with Crippen LogP contribution < -0.4 is 9.47 Å². The average molecular weight is 327 g/mol. The maximum atomic E-state index is 10.7. The van der Waals surface area contributed by atoms with Gasteiger partial charge in [0.2, 0.25) is 0 Å². The Balaban J connectivity index is 2.07. The van der Waals surface area contributed by atoms with E-state index in [1.165, 1.54) is 0 Å². The van der Waals surface area contributed by atoms with Gasteiger partial charge in [-0.3, -0.25) is 4.90 Å². The van der Waals surface area contributed by atoms with E-state index in [2.05, 4.69) is 11.9 Å². The number of nitrogens with zero attached hydrogens (tertiary/aromatic N) is 1. The van der Waals surface area contributed by atoms with Crippen molar-refractivity contribution in [2.45, 2.75) is 18.9 Å². The summed E-state index contributed by atoms with van der Waals surface area (Å²) in [5.41, 5.74) is 4.82. The number of ether oxygens (including phenoxy) is 2. The minimum absolute atomic E-state index is 0.150. The monoisotopic (exact) mass is 327 g/mol. The van der Waals surface area contributed by atoms with Crippen LogP contribution in [0.25, 0.3) is 11.1 Å². The summed E-state index contributed by atoms with van der Waals surface area (Å²) in [6, 6.07) is 5.84. The number of hydrogen-bond donors (Lipinski definition) is 2. The second kappa shape index (κ2) is 5.31. The lowest BCUT2D eigenvalue weighted by Crippen LogP contribution is -2.35. The Bertz CT molecular complexity index is 831. The maximum absolute atomic E-state index is 10.7. The zero-order valence-corrected chi connectivity index (χ0v) is 14.1. The van der Waals surface area contributed by atoms with Gasteiger partial charge >= 0.3 is 0 Å². The average Bonchev–Trinajstić information content (AvgIpc) is 2.59. The van der Waals surface area contributed by atoms with E-state index >= 15 is 0 Å². The van der Waals surface area contributed by atoms with Gasteiger partial charge in [-0.2, -0.15) is 0 Å². The Morgan fingerprint density at radius 2 is 1.83 bits per heavy atom. The SMILES string of the molecule is COc1cc2c3c(c1O)CCN(C)[C@@H]3Cc1ccc(OC)c(O)c1-2. The van der Waals surface area contributed by atoms with Gasteiger partial charge in [0.1, 0.15) is 0 Å². The van der Waals surface area contributed by atoms with Crippen LogP contribution in [0.15, 0.2) is 18.2 Å². The highest BCUT2D eigenvalue weighted by Crippen LogP contribution is 2.53. The van der Waals surface area contributed by atoms with Crippen molar-refractivity contribution in [3.8, 4) is 34.1 Å². The molecule has 0 saturated carbocycles. The standard InChI is InChI=1S/C19H21NO4/c1-20-7-6-11-17-12(9-15(24-3)18(11)21)16-10(8-13(17)20)4-5-14(23-2)19(16)22/h4-5,9,13,21-22H,6-8H2,1-3H3/t13-/m1/s1. The Labute approximate surface area is 141 Å². The van der Waals surface area contributed by atoms with Crippen LogP contribution in [-0.2, 0) is 12.8 Å². The minimum Gasteiger partial charge on any atom is -0.504 e. The largest absolute Gasteiger partial charge is 0.504 e. The van der Waals surface area contributed by atoms with Gasteiger partial charge in [-0.15, -0.1) is 0 Å². The van der Waals surface area contributed by atoms with E-state index in [-0.39, 0.29) is 17.5 Å². The molecule has 2 aromatic rings. The fourth-order valence-corrected chi connectivity index (χ4v) is 4.09. The second-order valence-corrected chi connectivity index (χ2v) is 6.47. The van der Waals surface area contributed by atoms with Crippen LogP contribution in [0.4, 0.5) is 0 Å². The van der Waals surface area contributed by atoms with Crippen LogP contribution in [0, 0.1) is 0 Å². The van der Waals surface area contributed by atoms with Crippen molar-refractivity contribution in [3.63, 3.8) is 0 Å². The fraction of sp³-hybridized carbons (Fsp3) is 0.368. The Hall–Kier alpha value is -2.40. The van der Waals surface area contributed by atoms with Gasteiger partial charge in [0.15, 0.2) is 23.0 Å². The van der Waals surface area contributed by atoms with Crippen LogP contribution in [0.3, 0.4) is 0 Å². The molecule has 1 heterocycles. The van der Waals surface area contributed by atoms with Crippen LogP contribution >= 0.6 is 0 Å². The summed E-state index contributed by atoms with van der Waals surface area (Å²) in [4.78, 5) is 2.31. The zero-order valence-electron chi connectivity index (χ0n) is 14.1. The molecule has 0 unspecified atom stereocenters. The third-order valence-electron chi connectivity index (χ3n) is 5.34. The van der Waals surface area contributed by atoms with E-state index in [4.69, 9.17) is 9.47 Å². The molecule has 2 N–H and O–H groups in total. The first-order valence-electron chi connectivity index (χ1n) is 8.09. The van der Waals surface area contributed by atoms with Gasteiger partial charge in [-0.05, 0) is 48.7 Å². The van der Waals surface area contributed by atoms with Gasteiger partial charge in [0.05, 0.1) is 14.2 Å². The molecule has 1 aliphatic heterocycles. The van der Waals surface area contributed by atoms with E-state index in [0.29, 0.717) is 11.5 Å². The zero-order chi connectivity index (χ0) is 17.0. The molecule has 0 aromatic heterocycles. The van der Waals surface area contributed by atoms with Crippen molar-refractivity contribution in [1.82, 2.24) is 4.90 Å². The Morgan fingerprint density at radius 1 is 1.08 bits per heavy atom. The summed E-state index contributed by atoms with van der Waals surface area (Å²) < 4.78 is 10.7. The molecule has 2 aliphatic rings. The highest BCUT2D eigenvalue weighted by Gasteiger charge is 2.37. The number of rotatable bonds is 2. The summed E-state index contributed by atoms with van der Waals surface area (Å²) in [6.07, 6.45) is 1.56. The molecule has 0 spiro atoms. The molecule has 5 heteroatoms. The molecular formula is C19H21NO4. The Kier molecular flexibility index (Phi) is 3.35. The lowest BCUT2D eigenvalue weighted by molar-refractivity contribution is 0.224. The lowest BCUT2D eigenvalue weighted by atomic mass is 9.76. The highest BCUT2D eigenvalue weighted by atomic mass is 16.5. The molecule has 5 nitrogen and oxygen atoms in total. The summed E-state index contributed by atoms with van der Waals surface area (Å²) in [5, 5.41) is 21.3. The first-order chi connectivity index (χ1) is 11.6. The highest BCUT2D eigenvalue weighted by molar-refractivity contribution is 5.84. The normalized spacial score (nSPS) is 18.7. The third-order valence-corrected chi connectivity index (χ3v) is 5.34. The number of likely N-dealkylation sites (N-methyl/N-ethyl adjacent to an activating group) is 1. The lowest BCUT2D eigenvalue weighted by Gasteiger charge is -2.40. The molecule has 1 atom stereocenters. The molecule has 24 heavy (non-hydrogen) atoms.